The Hall–Kier alpha value is -0.530. The van der Waals surface area contributed by atoms with E-state index in [1.165, 1.54) is 31.2 Å². The van der Waals surface area contributed by atoms with Gasteiger partial charge in [-0.25, -0.2) is 0 Å². The van der Waals surface area contributed by atoms with Gasteiger partial charge in [-0.2, -0.15) is 0 Å². The van der Waals surface area contributed by atoms with Crippen LogP contribution in [0.4, 0.5) is 0 Å². The third kappa shape index (κ3) is 3.72. The highest BCUT2D eigenvalue weighted by Gasteiger charge is 2.32. The molecule has 94 valence electrons. The van der Waals surface area contributed by atoms with Crippen molar-refractivity contribution in [1.29, 1.82) is 0 Å². The molecule has 0 radical (unpaired) electrons. The Kier molecular flexibility index (Phi) is 4.47. The first-order valence-electron chi connectivity index (χ1n) is 6.72. The molecule has 1 fully saturated rings. The molecule has 1 saturated carbocycles. The van der Waals surface area contributed by atoms with Gasteiger partial charge in [-0.15, -0.1) is 0 Å². The summed E-state index contributed by atoms with van der Waals surface area (Å²) in [6.07, 6.45) is 5.21. The number of hydrogen-bond donors (Lipinski definition) is 1. The van der Waals surface area contributed by atoms with Crippen molar-refractivity contribution < 1.29 is 0 Å². The van der Waals surface area contributed by atoms with Crippen molar-refractivity contribution in [3.05, 3.63) is 34.9 Å². The predicted octanol–water partition coefficient (Wildman–Crippen LogP) is 4.57. The van der Waals surface area contributed by atoms with Crippen LogP contribution in [0.15, 0.2) is 24.3 Å². The first-order valence-corrected chi connectivity index (χ1v) is 7.10. The van der Waals surface area contributed by atoms with Gasteiger partial charge in [-0.3, -0.25) is 0 Å². The van der Waals surface area contributed by atoms with Gasteiger partial charge in [-0.05, 0) is 49.8 Å². The summed E-state index contributed by atoms with van der Waals surface area (Å²) in [5.41, 5.74) is 1.39. The van der Waals surface area contributed by atoms with Crippen LogP contribution in [0.1, 0.15) is 51.1 Å². The first kappa shape index (κ1) is 12.9. The van der Waals surface area contributed by atoms with Crippen molar-refractivity contribution in [2.75, 3.05) is 0 Å². The predicted molar refractivity (Wildman–Crippen MR) is 74.4 cm³/mol. The lowest BCUT2D eigenvalue weighted by molar-refractivity contribution is 0.402. The van der Waals surface area contributed by atoms with Gasteiger partial charge in [0.05, 0.1) is 0 Å². The molecule has 0 saturated heterocycles. The average Bonchev–Trinajstić information content (AvgIpc) is 3.12. The van der Waals surface area contributed by atoms with Gasteiger partial charge in [-0.1, -0.05) is 37.1 Å². The van der Waals surface area contributed by atoms with Crippen LogP contribution in [0.2, 0.25) is 5.02 Å². The molecule has 1 aliphatic rings. The maximum Gasteiger partial charge on any atom is 0.0406 e. The lowest BCUT2D eigenvalue weighted by Crippen LogP contribution is -2.31. The number of halogens is 1. The van der Waals surface area contributed by atoms with Crippen LogP contribution in [0.5, 0.6) is 0 Å². The van der Waals surface area contributed by atoms with Crippen LogP contribution < -0.4 is 5.32 Å². The summed E-state index contributed by atoms with van der Waals surface area (Å²) >= 11 is 5.95. The molecule has 0 aromatic heterocycles. The van der Waals surface area contributed by atoms with Gasteiger partial charge in [0.2, 0.25) is 0 Å². The van der Waals surface area contributed by atoms with Crippen molar-refractivity contribution in [3.63, 3.8) is 0 Å². The minimum atomic E-state index is 0.522. The fourth-order valence-electron chi connectivity index (χ4n) is 2.43. The summed E-state index contributed by atoms with van der Waals surface area (Å²) in [6, 6.07) is 9.44. The minimum Gasteiger partial charge on any atom is -0.307 e. The Labute approximate surface area is 110 Å². The molecular weight excluding hydrogens is 230 g/mol. The average molecular weight is 252 g/mol. The lowest BCUT2D eigenvalue weighted by Gasteiger charge is -2.23. The highest BCUT2D eigenvalue weighted by molar-refractivity contribution is 6.30. The van der Waals surface area contributed by atoms with Gasteiger partial charge < -0.3 is 5.32 Å². The van der Waals surface area contributed by atoms with Crippen LogP contribution >= 0.6 is 11.6 Å². The second-order valence-electron chi connectivity index (χ2n) is 5.22. The van der Waals surface area contributed by atoms with E-state index in [0.29, 0.717) is 12.1 Å². The molecule has 2 atom stereocenters. The molecule has 17 heavy (non-hydrogen) atoms. The maximum atomic E-state index is 5.95. The zero-order valence-corrected chi connectivity index (χ0v) is 11.5. The zero-order chi connectivity index (χ0) is 12.3. The van der Waals surface area contributed by atoms with E-state index in [9.17, 15) is 0 Å². The largest absolute Gasteiger partial charge is 0.307 e. The SMILES string of the molecule is CCCC(C)NC(c1ccc(Cl)cc1)C1CC1. The van der Waals surface area contributed by atoms with Crippen molar-refractivity contribution in [2.45, 2.75) is 51.6 Å². The van der Waals surface area contributed by atoms with Crippen molar-refractivity contribution in [1.82, 2.24) is 5.32 Å². The topological polar surface area (TPSA) is 12.0 Å². The van der Waals surface area contributed by atoms with Crippen LogP contribution in [0.25, 0.3) is 0 Å². The molecule has 0 heterocycles. The van der Waals surface area contributed by atoms with E-state index >= 15 is 0 Å². The highest BCUT2D eigenvalue weighted by atomic mass is 35.5. The summed E-state index contributed by atoms with van der Waals surface area (Å²) in [7, 11) is 0. The molecule has 0 spiro atoms. The Bertz CT molecular complexity index is 342. The number of benzene rings is 1. The molecule has 0 bridgehead atoms. The lowest BCUT2D eigenvalue weighted by atomic mass is 10.0. The van der Waals surface area contributed by atoms with E-state index in [1.807, 2.05) is 12.1 Å². The standard InChI is InChI=1S/C15H22ClN/c1-3-4-11(2)17-15(12-5-6-12)13-7-9-14(16)10-8-13/h7-12,15,17H,3-6H2,1-2H3. The Morgan fingerprint density at radius 3 is 2.47 bits per heavy atom. The third-order valence-corrected chi connectivity index (χ3v) is 3.76. The van der Waals surface area contributed by atoms with E-state index in [-0.39, 0.29) is 0 Å². The summed E-state index contributed by atoms with van der Waals surface area (Å²) in [5, 5.41) is 4.60. The van der Waals surface area contributed by atoms with Crippen LogP contribution in [-0.4, -0.2) is 6.04 Å². The molecule has 2 heteroatoms. The molecule has 1 aromatic rings. The molecule has 1 N–H and O–H groups in total. The molecule has 1 aliphatic carbocycles. The van der Waals surface area contributed by atoms with Gasteiger partial charge >= 0.3 is 0 Å². The van der Waals surface area contributed by atoms with E-state index in [0.717, 1.165) is 10.9 Å². The van der Waals surface area contributed by atoms with Crippen molar-refractivity contribution >= 4 is 11.6 Å². The second-order valence-corrected chi connectivity index (χ2v) is 5.66. The molecular formula is C15H22ClN. The fourth-order valence-corrected chi connectivity index (χ4v) is 2.55. The summed E-state index contributed by atoms with van der Waals surface area (Å²) in [6.45, 7) is 4.53. The zero-order valence-electron chi connectivity index (χ0n) is 10.7. The van der Waals surface area contributed by atoms with Crippen LogP contribution in [0, 0.1) is 5.92 Å². The Balaban J connectivity index is 2.04. The van der Waals surface area contributed by atoms with Gasteiger partial charge in [0, 0.05) is 17.1 Å². The highest BCUT2D eigenvalue weighted by Crippen LogP contribution is 2.41. The van der Waals surface area contributed by atoms with Crippen LogP contribution in [0.3, 0.4) is 0 Å². The smallest absolute Gasteiger partial charge is 0.0406 e. The normalized spacial score (nSPS) is 19.0. The number of nitrogens with one attached hydrogen (secondary N) is 1. The van der Waals surface area contributed by atoms with Gasteiger partial charge in [0.25, 0.3) is 0 Å². The molecule has 0 amide bonds. The monoisotopic (exact) mass is 251 g/mol. The molecule has 0 aliphatic heterocycles. The first-order chi connectivity index (χ1) is 8.20. The van der Waals surface area contributed by atoms with Crippen molar-refractivity contribution in [3.8, 4) is 0 Å². The molecule has 2 unspecified atom stereocenters. The van der Waals surface area contributed by atoms with Crippen LogP contribution in [-0.2, 0) is 0 Å². The maximum absolute atomic E-state index is 5.95. The fraction of sp³-hybridized carbons (Fsp3) is 0.600. The van der Waals surface area contributed by atoms with E-state index in [1.54, 1.807) is 0 Å². The van der Waals surface area contributed by atoms with Crippen molar-refractivity contribution in [2.24, 2.45) is 5.92 Å². The van der Waals surface area contributed by atoms with E-state index < -0.39 is 0 Å². The third-order valence-electron chi connectivity index (χ3n) is 3.51. The molecule has 1 aromatic carbocycles. The Morgan fingerprint density at radius 2 is 1.94 bits per heavy atom. The van der Waals surface area contributed by atoms with Gasteiger partial charge in [0.15, 0.2) is 0 Å². The molecule has 2 rings (SSSR count). The number of hydrogen-bond acceptors (Lipinski definition) is 1. The quantitative estimate of drug-likeness (QED) is 0.781. The van der Waals surface area contributed by atoms with Gasteiger partial charge in [0.1, 0.15) is 0 Å². The summed E-state index contributed by atoms with van der Waals surface area (Å²) in [4.78, 5) is 0. The van der Waals surface area contributed by atoms with E-state index in [2.05, 4.69) is 31.3 Å². The molecule has 1 nitrogen and oxygen atoms in total. The minimum absolute atomic E-state index is 0.522. The summed E-state index contributed by atoms with van der Waals surface area (Å²) in [5.74, 6) is 0.829. The Morgan fingerprint density at radius 1 is 1.29 bits per heavy atom. The van der Waals surface area contributed by atoms with E-state index in [4.69, 9.17) is 11.6 Å². The summed E-state index contributed by atoms with van der Waals surface area (Å²) < 4.78 is 0. The number of rotatable bonds is 6. The second kappa shape index (κ2) is 5.88.